The number of hydrogen-bond donors (Lipinski definition) is 7. The van der Waals surface area contributed by atoms with Crippen molar-refractivity contribution in [1.82, 2.24) is 19.5 Å². The summed E-state index contributed by atoms with van der Waals surface area (Å²) in [6.07, 6.45) is -3.64. The average molecular weight is 550 g/mol. The first kappa shape index (κ1) is 27.2. The number of fused-ring (bicyclic) bond motifs is 1. The van der Waals surface area contributed by atoms with Gasteiger partial charge in [0.05, 0.1) is 19.5 Å². The summed E-state index contributed by atoms with van der Waals surface area (Å²) in [5.74, 6) is 0.0477. The number of nitrogens with two attached hydrogens (primary N) is 2. The monoisotopic (exact) mass is 550 g/mol. The normalized spacial score (nSPS) is 28.4. The first-order valence-electron chi connectivity index (χ1n) is 9.10. The van der Waals surface area contributed by atoms with E-state index in [9.17, 15) is 38.6 Å². The van der Waals surface area contributed by atoms with Crippen LogP contribution in [0.5, 0.6) is 0 Å². The highest BCUT2D eigenvalue weighted by Gasteiger charge is 2.47. The number of aliphatic hydroxyl groups excluding tert-OH is 2. The van der Waals surface area contributed by atoms with Crippen LogP contribution >= 0.6 is 23.5 Å². The molecule has 4 unspecified atom stereocenters. The van der Waals surface area contributed by atoms with Crippen molar-refractivity contribution in [1.29, 1.82) is 0 Å². The molecular formula is C12H21N6O13P3. The Labute approximate surface area is 190 Å². The van der Waals surface area contributed by atoms with Crippen molar-refractivity contribution < 1.29 is 61.0 Å². The van der Waals surface area contributed by atoms with Gasteiger partial charge in [-0.25, -0.2) is 28.6 Å². The van der Waals surface area contributed by atoms with Gasteiger partial charge in [0.2, 0.25) is 0 Å². The van der Waals surface area contributed by atoms with Crippen LogP contribution < -0.4 is 11.5 Å². The van der Waals surface area contributed by atoms with Crippen molar-refractivity contribution in [3.63, 3.8) is 0 Å². The van der Waals surface area contributed by atoms with Gasteiger partial charge < -0.3 is 41.1 Å². The lowest BCUT2D eigenvalue weighted by Gasteiger charge is -2.20. The van der Waals surface area contributed by atoms with Crippen molar-refractivity contribution in [3.05, 3.63) is 12.7 Å². The van der Waals surface area contributed by atoms with Gasteiger partial charge in [-0.3, -0.25) is 13.6 Å². The molecule has 1 fully saturated rings. The minimum Gasteiger partial charge on any atom is -0.387 e. The molecule has 0 radical (unpaired) electrons. The van der Waals surface area contributed by atoms with Crippen molar-refractivity contribution in [2.24, 2.45) is 5.73 Å². The number of phosphoric acid groups is 3. The number of nitrogen functional groups attached to an aromatic ring is 1. The third-order valence-electron chi connectivity index (χ3n) is 4.19. The Morgan fingerprint density at radius 3 is 2.29 bits per heavy atom. The fourth-order valence-corrected chi connectivity index (χ4v) is 6.33. The highest BCUT2D eigenvalue weighted by atomic mass is 31.3. The summed E-state index contributed by atoms with van der Waals surface area (Å²) in [5, 5.41) is 20.6. The zero-order chi connectivity index (χ0) is 25.3. The molecular weight excluding hydrogens is 529 g/mol. The second-order valence-electron chi connectivity index (χ2n) is 6.62. The fourth-order valence-electron chi connectivity index (χ4n) is 2.81. The van der Waals surface area contributed by atoms with Gasteiger partial charge in [-0.2, -0.15) is 8.62 Å². The van der Waals surface area contributed by atoms with Gasteiger partial charge in [-0.1, -0.05) is 0 Å². The SMILES string of the molecule is NCCOP(=O)(O)OP(=O)(O)OP(=O)(O)OC[C@H]1O[C@@H](n2cnc3c(N)ncnc32)[C@@H](O)C1O. The molecule has 1 aliphatic heterocycles. The molecule has 192 valence electrons. The van der Waals surface area contributed by atoms with Gasteiger partial charge in [0, 0.05) is 6.54 Å². The number of hydrogen-bond acceptors (Lipinski definition) is 15. The molecule has 0 aliphatic carbocycles. The van der Waals surface area contributed by atoms with Crippen LogP contribution in [-0.4, -0.2) is 82.5 Å². The molecule has 0 spiro atoms. The van der Waals surface area contributed by atoms with Gasteiger partial charge in [0.1, 0.15) is 30.2 Å². The highest BCUT2D eigenvalue weighted by molar-refractivity contribution is 7.66. The molecule has 0 saturated carbocycles. The minimum atomic E-state index is -5.66. The molecule has 0 bridgehead atoms. The van der Waals surface area contributed by atoms with E-state index in [0.29, 0.717) is 0 Å². The third-order valence-corrected chi connectivity index (χ3v) is 8.47. The van der Waals surface area contributed by atoms with E-state index in [1.807, 2.05) is 0 Å². The van der Waals surface area contributed by atoms with E-state index in [0.717, 1.165) is 6.33 Å². The largest absolute Gasteiger partial charge is 0.490 e. The van der Waals surface area contributed by atoms with Crippen LogP contribution in [0.25, 0.3) is 11.2 Å². The Morgan fingerprint density at radius 2 is 1.65 bits per heavy atom. The summed E-state index contributed by atoms with van der Waals surface area (Å²) in [5.41, 5.74) is 11.1. The summed E-state index contributed by atoms with van der Waals surface area (Å²) in [7, 11) is -16.3. The number of phosphoric ester groups is 2. The smallest absolute Gasteiger partial charge is 0.387 e. The Morgan fingerprint density at radius 1 is 1.00 bits per heavy atom. The second kappa shape index (κ2) is 10.3. The Bertz CT molecular complexity index is 1160. The van der Waals surface area contributed by atoms with Gasteiger partial charge >= 0.3 is 23.5 Å². The van der Waals surface area contributed by atoms with Crippen molar-refractivity contribution >= 4 is 40.4 Å². The standard InChI is InChI=1S/C12H21N6O13P3/c13-1-2-27-32(21,22)30-34(25,26)31-33(23,24)28-3-6-8(19)9(20)12(29-6)18-5-17-7-10(14)15-4-16-11(7)18/h4-6,8-9,12,19-20H,1-3,13H2,(H,21,22)(H,23,24)(H,25,26)(H2,14,15,16)/t6-,8?,9+,12-/m1/s1. The van der Waals surface area contributed by atoms with Crippen molar-refractivity contribution in [2.75, 3.05) is 25.5 Å². The number of aromatic nitrogens is 4. The fraction of sp³-hybridized carbons (Fsp3) is 0.583. The first-order valence-corrected chi connectivity index (χ1v) is 13.6. The number of rotatable bonds is 11. The molecule has 19 nitrogen and oxygen atoms in total. The summed E-state index contributed by atoms with van der Waals surface area (Å²) in [6.45, 7) is -1.71. The molecule has 3 rings (SSSR count). The number of imidazole rings is 1. The molecule has 0 aromatic carbocycles. The Kier molecular flexibility index (Phi) is 8.24. The van der Waals surface area contributed by atoms with E-state index < -0.39 is 61.2 Å². The van der Waals surface area contributed by atoms with E-state index in [1.54, 1.807) is 0 Å². The summed E-state index contributed by atoms with van der Waals surface area (Å²) >= 11 is 0. The van der Waals surface area contributed by atoms with Crippen LogP contribution in [0.4, 0.5) is 5.82 Å². The van der Waals surface area contributed by atoms with Gasteiger partial charge in [-0.15, -0.1) is 0 Å². The molecule has 2 aromatic rings. The average Bonchev–Trinajstić information content (AvgIpc) is 3.26. The molecule has 9 N–H and O–H groups in total. The van der Waals surface area contributed by atoms with Gasteiger partial charge in [-0.05, 0) is 0 Å². The van der Waals surface area contributed by atoms with Crippen LogP contribution in [0.3, 0.4) is 0 Å². The number of aliphatic hydroxyl groups is 2. The zero-order valence-electron chi connectivity index (χ0n) is 16.9. The van der Waals surface area contributed by atoms with Gasteiger partial charge in [0.15, 0.2) is 17.7 Å². The topological polar surface area (TPSA) is 294 Å². The van der Waals surface area contributed by atoms with Gasteiger partial charge in [0.25, 0.3) is 0 Å². The quantitative estimate of drug-likeness (QED) is 0.154. The molecule has 2 aromatic heterocycles. The summed E-state index contributed by atoms with van der Waals surface area (Å²) < 4.78 is 58.5. The molecule has 1 saturated heterocycles. The molecule has 7 atom stereocenters. The van der Waals surface area contributed by atoms with Crippen LogP contribution in [0.1, 0.15) is 6.23 Å². The first-order chi connectivity index (χ1) is 15.8. The van der Waals surface area contributed by atoms with Crippen LogP contribution in [-0.2, 0) is 36.1 Å². The summed E-state index contributed by atoms with van der Waals surface area (Å²) in [4.78, 5) is 40.2. The number of nitrogens with zero attached hydrogens (tertiary/aromatic N) is 4. The maximum atomic E-state index is 12.0. The van der Waals surface area contributed by atoms with E-state index >= 15 is 0 Å². The third kappa shape index (κ3) is 6.42. The highest BCUT2D eigenvalue weighted by Crippen LogP contribution is 2.67. The molecule has 34 heavy (non-hydrogen) atoms. The second-order valence-corrected chi connectivity index (χ2v) is 11.3. The Hall–Kier alpha value is -1.40. The predicted molar refractivity (Wildman–Crippen MR) is 108 cm³/mol. The summed E-state index contributed by atoms with van der Waals surface area (Å²) in [6, 6.07) is 0. The van der Waals surface area contributed by atoms with E-state index in [2.05, 4.69) is 32.6 Å². The van der Waals surface area contributed by atoms with E-state index in [1.165, 1.54) is 10.9 Å². The molecule has 1 aliphatic rings. The molecule has 22 heteroatoms. The van der Waals surface area contributed by atoms with Crippen LogP contribution in [0.15, 0.2) is 12.7 Å². The number of anilines is 1. The predicted octanol–water partition coefficient (Wildman–Crippen LogP) is -1.65. The van der Waals surface area contributed by atoms with E-state index in [-0.39, 0.29) is 23.5 Å². The van der Waals surface area contributed by atoms with Crippen LogP contribution in [0.2, 0.25) is 0 Å². The lowest BCUT2D eigenvalue weighted by molar-refractivity contribution is -0.0503. The Balaban J connectivity index is 1.64. The maximum Gasteiger partial charge on any atom is 0.490 e. The zero-order valence-corrected chi connectivity index (χ0v) is 19.6. The van der Waals surface area contributed by atoms with Crippen molar-refractivity contribution in [3.8, 4) is 0 Å². The number of ether oxygens (including phenoxy) is 1. The molecule has 0 amide bonds. The maximum absolute atomic E-state index is 12.0. The van der Waals surface area contributed by atoms with Crippen LogP contribution in [0, 0.1) is 0 Å². The van der Waals surface area contributed by atoms with Crippen molar-refractivity contribution in [2.45, 2.75) is 24.5 Å². The minimum absolute atomic E-state index is 0.0477. The van der Waals surface area contributed by atoms with E-state index in [4.69, 9.17) is 16.2 Å². The lowest BCUT2D eigenvalue weighted by atomic mass is 10.1. The molecule has 3 heterocycles. The lowest BCUT2D eigenvalue weighted by Crippen LogP contribution is -2.33.